The molecule has 0 N–H and O–H groups in total. The Balaban J connectivity index is 1.74. The van der Waals surface area contributed by atoms with Crippen LogP contribution in [0.25, 0.3) is 6.08 Å². The fourth-order valence-corrected chi connectivity index (χ4v) is 3.32. The number of hydrogen-bond donors (Lipinski definition) is 0. The first-order valence-corrected chi connectivity index (χ1v) is 8.32. The summed E-state index contributed by atoms with van der Waals surface area (Å²) in [5.41, 5.74) is 3.18. The second-order valence-electron chi connectivity index (χ2n) is 5.43. The van der Waals surface area contributed by atoms with Gasteiger partial charge in [0.2, 0.25) is 0 Å². The maximum absolute atomic E-state index is 12.5. The van der Waals surface area contributed by atoms with E-state index in [0.717, 1.165) is 28.5 Å². The highest BCUT2D eigenvalue weighted by atomic mass is 32.2. The van der Waals surface area contributed by atoms with E-state index in [0.29, 0.717) is 17.9 Å². The third kappa shape index (κ3) is 3.54. The highest BCUT2D eigenvalue weighted by Gasteiger charge is 2.34. The summed E-state index contributed by atoms with van der Waals surface area (Å²) in [4.78, 5) is 26.4. The molecule has 1 fully saturated rings. The quantitative estimate of drug-likeness (QED) is 0.788. The summed E-state index contributed by atoms with van der Waals surface area (Å²) in [6.07, 6.45) is 2.49. The van der Waals surface area contributed by atoms with E-state index in [1.807, 2.05) is 67.6 Å². The minimum atomic E-state index is -0.195. The molecule has 2 aromatic carbocycles. The van der Waals surface area contributed by atoms with E-state index < -0.39 is 0 Å². The Kier molecular flexibility index (Phi) is 4.63. The van der Waals surface area contributed by atoms with Crippen molar-refractivity contribution in [1.29, 1.82) is 0 Å². The zero-order valence-corrected chi connectivity index (χ0v) is 13.7. The molecular formula is C19H17NO2S. The van der Waals surface area contributed by atoms with E-state index in [2.05, 4.69) is 0 Å². The molecule has 1 heterocycles. The molecule has 116 valence electrons. The van der Waals surface area contributed by atoms with Crippen molar-refractivity contribution in [1.82, 2.24) is 4.90 Å². The SMILES string of the molecule is Cc1ccccc1/C=C1/SC(=O)N(CCc2ccccc2)C1=O. The van der Waals surface area contributed by atoms with Gasteiger partial charge in [-0.25, -0.2) is 0 Å². The molecule has 1 aliphatic heterocycles. The highest BCUT2D eigenvalue weighted by molar-refractivity contribution is 8.18. The molecule has 0 spiro atoms. The van der Waals surface area contributed by atoms with Gasteiger partial charge in [0.05, 0.1) is 4.91 Å². The molecule has 0 aromatic heterocycles. The van der Waals surface area contributed by atoms with Crippen LogP contribution in [0.2, 0.25) is 0 Å². The third-order valence-electron chi connectivity index (χ3n) is 3.82. The standard InChI is InChI=1S/C19H17NO2S/c1-14-7-5-6-10-16(14)13-17-18(21)20(19(22)23-17)12-11-15-8-3-2-4-9-15/h2-10,13H,11-12H2,1H3/b17-13+. The smallest absolute Gasteiger partial charge is 0.268 e. The average Bonchev–Trinajstić information content (AvgIpc) is 2.82. The molecule has 1 saturated heterocycles. The van der Waals surface area contributed by atoms with E-state index in [-0.39, 0.29) is 11.1 Å². The fourth-order valence-electron chi connectivity index (χ4n) is 2.47. The number of nitrogens with zero attached hydrogens (tertiary/aromatic N) is 1. The van der Waals surface area contributed by atoms with Crippen LogP contribution in [0.4, 0.5) is 4.79 Å². The maximum Gasteiger partial charge on any atom is 0.293 e. The van der Waals surface area contributed by atoms with Crippen molar-refractivity contribution in [3.8, 4) is 0 Å². The molecule has 0 atom stereocenters. The first-order chi connectivity index (χ1) is 11.1. The van der Waals surface area contributed by atoms with Gasteiger partial charge in [0, 0.05) is 6.54 Å². The van der Waals surface area contributed by atoms with Gasteiger partial charge >= 0.3 is 0 Å². The van der Waals surface area contributed by atoms with E-state index in [1.54, 1.807) is 0 Å². The van der Waals surface area contributed by atoms with Gasteiger partial charge in [-0.2, -0.15) is 0 Å². The molecule has 2 amide bonds. The largest absolute Gasteiger partial charge is 0.293 e. The lowest BCUT2D eigenvalue weighted by atomic mass is 10.1. The van der Waals surface area contributed by atoms with Crippen LogP contribution in [-0.4, -0.2) is 22.6 Å². The van der Waals surface area contributed by atoms with E-state index >= 15 is 0 Å². The van der Waals surface area contributed by atoms with Crippen LogP contribution in [0.1, 0.15) is 16.7 Å². The molecule has 3 nitrogen and oxygen atoms in total. The Labute approximate surface area is 140 Å². The summed E-state index contributed by atoms with van der Waals surface area (Å²) in [6, 6.07) is 17.7. The zero-order chi connectivity index (χ0) is 16.2. The number of aryl methyl sites for hydroxylation is 1. The lowest BCUT2D eigenvalue weighted by Gasteiger charge is -2.12. The molecule has 4 heteroatoms. The second-order valence-corrected chi connectivity index (χ2v) is 6.42. The molecule has 1 aliphatic rings. The van der Waals surface area contributed by atoms with Crippen LogP contribution in [0.3, 0.4) is 0 Å². The predicted molar refractivity (Wildman–Crippen MR) is 94.0 cm³/mol. The topological polar surface area (TPSA) is 37.4 Å². The molecule has 2 aromatic rings. The van der Waals surface area contributed by atoms with Crippen molar-refractivity contribution in [3.63, 3.8) is 0 Å². The van der Waals surface area contributed by atoms with Gasteiger partial charge in [-0.15, -0.1) is 0 Å². The van der Waals surface area contributed by atoms with Gasteiger partial charge in [-0.1, -0.05) is 54.6 Å². The van der Waals surface area contributed by atoms with Gasteiger partial charge < -0.3 is 0 Å². The Bertz CT molecular complexity index is 768. The first-order valence-electron chi connectivity index (χ1n) is 7.50. The second kappa shape index (κ2) is 6.84. The Morgan fingerprint density at radius 1 is 1.00 bits per heavy atom. The summed E-state index contributed by atoms with van der Waals surface area (Å²) < 4.78 is 0. The molecule has 0 aliphatic carbocycles. The number of benzene rings is 2. The van der Waals surface area contributed by atoms with Crippen molar-refractivity contribution in [2.45, 2.75) is 13.3 Å². The summed E-state index contributed by atoms with van der Waals surface area (Å²) in [5, 5.41) is -0.189. The van der Waals surface area contributed by atoms with E-state index in [9.17, 15) is 9.59 Å². The van der Waals surface area contributed by atoms with Crippen LogP contribution in [0.5, 0.6) is 0 Å². The number of hydrogen-bond acceptors (Lipinski definition) is 3. The molecule has 0 radical (unpaired) electrons. The lowest BCUT2D eigenvalue weighted by molar-refractivity contribution is -0.122. The van der Waals surface area contributed by atoms with E-state index in [1.165, 1.54) is 4.90 Å². The molecule has 0 unspecified atom stereocenters. The van der Waals surface area contributed by atoms with Crippen LogP contribution in [0, 0.1) is 6.92 Å². The Morgan fingerprint density at radius 3 is 2.43 bits per heavy atom. The van der Waals surface area contributed by atoms with Crippen LogP contribution < -0.4 is 0 Å². The minimum absolute atomic E-state index is 0.189. The molecule has 23 heavy (non-hydrogen) atoms. The van der Waals surface area contributed by atoms with Crippen molar-refractivity contribution in [3.05, 3.63) is 76.2 Å². The Morgan fingerprint density at radius 2 is 1.70 bits per heavy atom. The number of rotatable bonds is 4. The number of carbonyl (C=O) groups excluding carboxylic acids is 2. The fraction of sp³-hybridized carbons (Fsp3) is 0.158. The maximum atomic E-state index is 12.5. The number of amides is 2. The first kappa shape index (κ1) is 15.6. The average molecular weight is 323 g/mol. The minimum Gasteiger partial charge on any atom is -0.268 e. The monoisotopic (exact) mass is 323 g/mol. The van der Waals surface area contributed by atoms with Gasteiger partial charge in [0.1, 0.15) is 0 Å². The normalized spacial score (nSPS) is 16.4. The van der Waals surface area contributed by atoms with Crippen molar-refractivity contribution in [2.75, 3.05) is 6.54 Å². The zero-order valence-electron chi connectivity index (χ0n) is 12.9. The van der Waals surface area contributed by atoms with Gasteiger partial charge in [0.15, 0.2) is 0 Å². The number of carbonyl (C=O) groups is 2. The van der Waals surface area contributed by atoms with Crippen molar-refractivity contribution in [2.24, 2.45) is 0 Å². The molecular weight excluding hydrogens is 306 g/mol. The van der Waals surface area contributed by atoms with Gasteiger partial charge in [0.25, 0.3) is 11.1 Å². The summed E-state index contributed by atoms with van der Waals surface area (Å²) in [6.45, 7) is 2.41. The summed E-state index contributed by atoms with van der Waals surface area (Å²) in [7, 11) is 0. The summed E-state index contributed by atoms with van der Waals surface area (Å²) >= 11 is 1.02. The Hall–Kier alpha value is -2.33. The van der Waals surface area contributed by atoms with Gasteiger partial charge in [-0.05, 0) is 47.9 Å². The summed E-state index contributed by atoms with van der Waals surface area (Å²) in [5.74, 6) is -0.195. The number of thioether (sulfide) groups is 1. The molecule has 0 bridgehead atoms. The van der Waals surface area contributed by atoms with Crippen LogP contribution >= 0.6 is 11.8 Å². The third-order valence-corrected chi connectivity index (χ3v) is 4.72. The molecule has 3 rings (SSSR count). The van der Waals surface area contributed by atoms with Gasteiger partial charge in [-0.3, -0.25) is 14.5 Å². The van der Waals surface area contributed by atoms with E-state index in [4.69, 9.17) is 0 Å². The predicted octanol–water partition coefficient (Wildman–Crippen LogP) is 4.27. The molecule has 0 saturated carbocycles. The van der Waals surface area contributed by atoms with Crippen LogP contribution in [0.15, 0.2) is 59.5 Å². The lowest BCUT2D eigenvalue weighted by Crippen LogP contribution is -2.30. The highest BCUT2D eigenvalue weighted by Crippen LogP contribution is 2.32. The van der Waals surface area contributed by atoms with Crippen LogP contribution in [-0.2, 0) is 11.2 Å². The van der Waals surface area contributed by atoms with Crippen molar-refractivity contribution >= 4 is 29.0 Å². The number of imide groups is 1. The van der Waals surface area contributed by atoms with Crippen molar-refractivity contribution < 1.29 is 9.59 Å².